The molecule has 3 nitrogen and oxygen atoms in total. The van der Waals surface area contributed by atoms with E-state index in [1.54, 1.807) is 0 Å². The van der Waals surface area contributed by atoms with E-state index >= 15 is 0 Å². The molecule has 1 aromatic carbocycles. The minimum Gasteiger partial charge on any atom is -0.381 e. The second kappa shape index (κ2) is 9.73. The molecule has 3 aliphatic rings. The average molecular weight is 385 g/mol. The third-order valence-corrected chi connectivity index (χ3v) is 7.04. The van der Waals surface area contributed by atoms with E-state index in [0.717, 1.165) is 43.4 Å². The van der Waals surface area contributed by atoms with Gasteiger partial charge in [-0.25, -0.2) is 0 Å². The SMILES string of the molecule is CC(C)Cc1ccc(CN2C[C@@H]3[C@@H](COCCCN4CCCCC4)[C@@H]3C2)cc1. The van der Waals surface area contributed by atoms with Gasteiger partial charge in [-0.2, -0.15) is 0 Å². The van der Waals surface area contributed by atoms with Crippen molar-refractivity contribution in [2.45, 2.75) is 52.5 Å². The van der Waals surface area contributed by atoms with E-state index in [-0.39, 0.29) is 0 Å². The van der Waals surface area contributed by atoms with Crippen molar-refractivity contribution in [2.24, 2.45) is 23.7 Å². The van der Waals surface area contributed by atoms with Gasteiger partial charge in [0, 0.05) is 32.8 Å². The number of hydrogen-bond acceptors (Lipinski definition) is 3. The fourth-order valence-electron chi connectivity index (χ4n) is 5.42. The van der Waals surface area contributed by atoms with Crippen molar-refractivity contribution in [3.05, 3.63) is 35.4 Å². The van der Waals surface area contributed by atoms with E-state index in [2.05, 4.69) is 47.9 Å². The van der Waals surface area contributed by atoms with Crippen LogP contribution in [0.15, 0.2) is 24.3 Å². The van der Waals surface area contributed by atoms with E-state index in [9.17, 15) is 0 Å². The lowest BCUT2D eigenvalue weighted by Gasteiger charge is -2.26. The fourth-order valence-corrected chi connectivity index (χ4v) is 5.42. The molecule has 0 unspecified atom stereocenters. The first-order valence-electron chi connectivity index (χ1n) is 11.8. The molecule has 156 valence electrons. The number of hydrogen-bond donors (Lipinski definition) is 0. The largest absolute Gasteiger partial charge is 0.381 e. The van der Waals surface area contributed by atoms with Gasteiger partial charge < -0.3 is 9.64 Å². The third kappa shape index (κ3) is 5.58. The Kier molecular flexibility index (Phi) is 7.08. The minimum atomic E-state index is 0.737. The zero-order valence-corrected chi connectivity index (χ0v) is 18.1. The summed E-state index contributed by atoms with van der Waals surface area (Å²) >= 11 is 0. The molecule has 3 fully saturated rings. The number of ether oxygens (including phenoxy) is 1. The summed E-state index contributed by atoms with van der Waals surface area (Å²) in [4.78, 5) is 5.27. The van der Waals surface area contributed by atoms with Crippen LogP contribution in [-0.4, -0.2) is 55.7 Å². The molecular weight excluding hydrogens is 344 g/mol. The lowest BCUT2D eigenvalue weighted by atomic mass is 10.0. The molecule has 4 rings (SSSR count). The highest BCUT2D eigenvalue weighted by molar-refractivity contribution is 5.23. The van der Waals surface area contributed by atoms with Gasteiger partial charge in [0.1, 0.15) is 0 Å². The molecule has 0 N–H and O–H groups in total. The number of fused-ring (bicyclic) bond motifs is 1. The normalized spacial score (nSPS) is 28.0. The Morgan fingerprint density at radius 3 is 2.29 bits per heavy atom. The summed E-state index contributed by atoms with van der Waals surface area (Å²) < 4.78 is 6.04. The summed E-state index contributed by atoms with van der Waals surface area (Å²) in [5, 5.41) is 0. The Bertz CT molecular complexity index is 581. The molecule has 3 atom stereocenters. The molecule has 0 aromatic heterocycles. The number of rotatable bonds is 10. The highest BCUT2D eigenvalue weighted by atomic mass is 16.5. The van der Waals surface area contributed by atoms with Gasteiger partial charge in [-0.3, -0.25) is 4.90 Å². The first-order valence-corrected chi connectivity index (χ1v) is 11.8. The van der Waals surface area contributed by atoms with Gasteiger partial charge in [0.25, 0.3) is 0 Å². The monoisotopic (exact) mass is 384 g/mol. The van der Waals surface area contributed by atoms with Gasteiger partial charge >= 0.3 is 0 Å². The van der Waals surface area contributed by atoms with Crippen LogP contribution >= 0.6 is 0 Å². The maximum Gasteiger partial charge on any atom is 0.0500 e. The molecule has 0 bridgehead atoms. The smallest absolute Gasteiger partial charge is 0.0500 e. The zero-order chi connectivity index (χ0) is 19.3. The lowest BCUT2D eigenvalue weighted by molar-refractivity contribution is 0.0967. The van der Waals surface area contributed by atoms with Crippen LogP contribution in [-0.2, 0) is 17.7 Å². The van der Waals surface area contributed by atoms with Crippen LogP contribution in [0.25, 0.3) is 0 Å². The van der Waals surface area contributed by atoms with E-state index in [0.29, 0.717) is 0 Å². The number of benzene rings is 1. The van der Waals surface area contributed by atoms with E-state index < -0.39 is 0 Å². The van der Waals surface area contributed by atoms with E-state index in [1.165, 1.54) is 76.0 Å². The summed E-state index contributed by atoms with van der Waals surface area (Å²) in [5.74, 6) is 3.39. The Hall–Kier alpha value is -0.900. The number of piperidine rings is 2. The average Bonchev–Trinajstić information content (AvgIpc) is 3.14. The Labute approximate surface area is 172 Å². The van der Waals surface area contributed by atoms with Gasteiger partial charge in [-0.05, 0) is 73.6 Å². The Morgan fingerprint density at radius 1 is 0.929 bits per heavy atom. The Balaban J connectivity index is 1.08. The van der Waals surface area contributed by atoms with E-state index in [1.807, 2.05) is 0 Å². The van der Waals surface area contributed by atoms with Crippen LogP contribution in [0.1, 0.15) is 50.7 Å². The predicted molar refractivity (Wildman–Crippen MR) is 116 cm³/mol. The molecule has 0 spiro atoms. The van der Waals surface area contributed by atoms with Crippen LogP contribution in [0.5, 0.6) is 0 Å². The molecule has 1 aliphatic carbocycles. The molecule has 1 saturated carbocycles. The topological polar surface area (TPSA) is 15.7 Å². The standard InChI is InChI=1S/C25H40N2O/c1-20(2)15-21-7-9-22(10-8-21)16-27-17-23-24(18-27)25(23)19-28-14-6-13-26-11-4-3-5-12-26/h7-10,20,23-25H,3-6,11-19H2,1-2H3/t23-,24+,25+. The van der Waals surface area contributed by atoms with Crippen LogP contribution in [0, 0.1) is 23.7 Å². The van der Waals surface area contributed by atoms with Crippen LogP contribution in [0.3, 0.4) is 0 Å². The zero-order valence-electron chi connectivity index (χ0n) is 18.1. The van der Waals surface area contributed by atoms with Crippen molar-refractivity contribution in [2.75, 3.05) is 45.9 Å². The molecule has 2 saturated heterocycles. The van der Waals surface area contributed by atoms with Crippen molar-refractivity contribution < 1.29 is 4.74 Å². The first-order chi connectivity index (χ1) is 13.7. The summed E-state index contributed by atoms with van der Waals surface area (Å²) in [7, 11) is 0. The maximum atomic E-state index is 6.04. The Morgan fingerprint density at radius 2 is 1.61 bits per heavy atom. The predicted octanol–water partition coefficient (Wildman–Crippen LogP) is 4.46. The van der Waals surface area contributed by atoms with Gasteiger partial charge in [-0.15, -0.1) is 0 Å². The molecule has 0 radical (unpaired) electrons. The van der Waals surface area contributed by atoms with Crippen molar-refractivity contribution in [1.29, 1.82) is 0 Å². The van der Waals surface area contributed by atoms with Gasteiger partial charge in [0.15, 0.2) is 0 Å². The quantitative estimate of drug-likeness (QED) is 0.554. The molecule has 0 amide bonds. The minimum absolute atomic E-state index is 0.737. The highest BCUT2D eigenvalue weighted by Crippen LogP contribution is 2.52. The van der Waals surface area contributed by atoms with Crippen molar-refractivity contribution in [3.8, 4) is 0 Å². The summed E-state index contributed by atoms with van der Waals surface area (Å²) in [6, 6.07) is 9.33. The molecule has 1 aromatic rings. The van der Waals surface area contributed by atoms with Crippen molar-refractivity contribution in [1.82, 2.24) is 9.80 Å². The third-order valence-electron chi connectivity index (χ3n) is 7.04. The van der Waals surface area contributed by atoms with Crippen molar-refractivity contribution in [3.63, 3.8) is 0 Å². The molecule has 28 heavy (non-hydrogen) atoms. The van der Waals surface area contributed by atoms with Gasteiger partial charge in [0.05, 0.1) is 6.61 Å². The first kappa shape index (κ1) is 20.4. The number of nitrogens with zero attached hydrogens (tertiary/aromatic N) is 2. The maximum absolute atomic E-state index is 6.04. The second-order valence-electron chi connectivity index (χ2n) is 9.93. The molecular formula is C25H40N2O. The van der Waals surface area contributed by atoms with E-state index in [4.69, 9.17) is 4.74 Å². The highest BCUT2D eigenvalue weighted by Gasteiger charge is 2.55. The molecule has 3 heteroatoms. The molecule has 2 heterocycles. The van der Waals surface area contributed by atoms with Crippen LogP contribution < -0.4 is 0 Å². The van der Waals surface area contributed by atoms with Crippen LogP contribution in [0.4, 0.5) is 0 Å². The fraction of sp³-hybridized carbons (Fsp3) is 0.760. The second-order valence-corrected chi connectivity index (χ2v) is 9.93. The summed E-state index contributed by atoms with van der Waals surface area (Å²) in [5.41, 5.74) is 2.94. The summed E-state index contributed by atoms with van der Waals surface area (Å²) in [6.07, 6.45) is 6.61. The van der Waals surface area contributed by atoms with Gasteiger partial charge in [0.2, 0.25) is 0 Å². The lowest BCUT2D eigenvalue weighted by Crippen LogP contribution is -2.31. The summed E-state index contributed by atoms with van der Waals surface area (Å²) in [6.45, 7) is 14.1. The molecule has 2 aliphatic heterocycles. The number of likely N-dealkylation sites (tertiary alicyclic amines) is 2. The van der Waals surface area contributed by atoms with Crippen molar-refractivity contribution >= 4 is 0 Å². The van der Waals surface area contributed by atoms with Crippen LogP contribution in [0.2, 0.25) is 0 Å². The van der Waals surface area contributed by atoms with Gasteiger partial charge in [-0.1, -0.05) is 44.5 Å².